The van der Waals surface area contributed by atoms with E-state index in [4.69, 9.17) is 4.74 Å². The number of anilines is 1. The van der Waals surface area contributed by atoms with Crippen LogP contribution in [0.25, 0.3) is 0 Å². The summed E-state index contributed by atoms with van der Waals surface area (Å²) in [6.45, 7) is 5.20. The van der Waals surface area contributed by atoms with Gasteiger partial charge in [-0.3, -0.25) is 19.4 Å². The van der Waals surface area contributed by atoms with Crippen molar-refractivity contribution in [3.63, 3.8) is 0 Å². The Morgan fingerprint density at radius 2 is 1.97 bits per heavy atom. The van der Waals surface area contributed by atoms with Gasteiger partial charge in [0.15, 0.2) is 0 Å². The number of esters is 1. The van der Waals surface area contributed by atoms with Gasteiger partial charge in [-0.25, -0.2) is 0 Å². The first-order valence-corrected chi connectivity index (χ1v) is 10.8. The number of fused-ring (bicyclic) bond motifs is 1. The predicted molar refractivity (Wildman–Crippen MR) is 116 cm³/mol. The number of amides is 2. The molecule has 0 aliphatic heterocycles. The normalized spacial score (nSPS) is 13.3. The predicted octanol–water partition coefficient (Wildman–Crippen LogP) is 3.69. The SMILES string of the molecule is CN(CC(=O)OC(C)(C)C)C(=O)c1c(NC(=O)c2cccnc2)sc2c1CCCC2. The fourth-order valence-corrected chi connectivity index (χ4v) is 4.66. The third-order valence-corrected chi connectivity index (χ3v) is 5.88. The summed E-state index contributed by atoms with van der Waals surface area (Å²) in [5.41, 5.74) is 1.27. The van der Waals surface area contributed by atoms with Crippen molar-refractivity contribution in [3.05, 3.63) is 46.1 Å². The number of rotatable bonds is 5. The molecule has 7 nitrogen and oxygen atoms in total. The molecule has 0 saturated heterocycles. The third-order valence-electron chi connectivity index (χ3n) is 4.67. The molecule has 2 heterocycles. The van der Waals surface area contributed by atoms with E-state index in [-0.39, 0.29) is 18.4 Å². The first-order valence-electron chi connectivity index (χ1n) is 9.99. The molecule has 2 aromatic rings. The van der Waals surface area contributed by atoms with E-state index in [0.717, 1.165) is 36.1 Å². The highest BCUT2D eigenvalue weighted by Crippen LogP contribution is 2.39. The maximum Gasteiger partial charge on any atom is 0.326 e. The quantitative estimate of drug-likeness (QED) is 0.733. The van der Waals surface area contributed by atoms with E-state index >= 15 is 0 Å². The molecule has 0 atom stereocenters. The van der Waals surface area contributed by atoms with Gasteiger partial charge in [0.25, 0.3) is 11.8 Å². The highest BCUT2D eigenvalue weighted by Gasteiger charge is 2.29. The molecule has 0 unspecified atom stereocenters. The number of nitrogens with one attached hydrogen (secondary N) is 1. The Hall–Kier alpha value is -2.74. The number of aryl methyl sites for hydroxylation is 1. The minimum Gasteiger partial charge on any atom is -0.459 e. The molecule has 30 heavy (non-hydrogen) atoms. The molecule has 0 radical (unpaired) electrons. The summed E-state index contributed by atoms with van der Waals surface area (Å²) in [5, 5.41) is 3.41. The Bertz CT molecular complexity index is 947. The van der Waals surface area contributed by atoms with Crippen LogP contribution in [-0.2, 0) is 22.4 Å². The average molecular weight is 430 g/mol. The number of thiophene rings is 1. The van der Waals surface area contributed by atoms with Crippen molar-refractivity contribution in [1.82, 2.24) is 9.88 Å². The Balaban J connectivity index is 1.85. The molecular formula is C22H27N3O4S. The lowest BCUT2D eigenvalue weighted by atomic mass is 9.95. The molecule has 160 valence electrons. The van der Waals surface area contributed by atoms with Crippen LogP contribution in [0.5, 0.6) is 0 Å². The molecular weight excluding hydrogens is 402 g/mol. The third kappa shape index (κ3) is 5.24. The van der Waals surface area contributed by atoms with Gasteiger partial charge in [0.2, 0.25) is 0 Å². The number of carbonyl (C=O) groups excluding carboxylic acids is 3. The monoisotopic (exact) mass is 429 g/mol. The Morgan fingerprint density at radius 1 is 1.23 bits per heavy atom. The molecule has 2 aromatic heterocycles. The second-order valence-electron chi connectivity index (χ2n) is 8.36. The molecule has 3 rings (SSSR count). The molecule has 0 saturated carbocycles. The van der Waals surface area contributed by atoms with Gasteiger partial charge in [0.05, 0.1) is 11.1 Å². The zero-order valence-electron chi connectivity index (χ0n) is 17.8. The highest BCUT2D eigenvalue weighted by molar-refractivity contribution is 7.17. The number of likely N-dealkylation sites (N-methyl/N-ethyl adjacent to an activating group) is 1. The maximum atomic E-state index is 13.3. The smallest absolute Gasteiger partial charge is 0.326 e. The molecule has 2 amide bonds. The van der Waals surface area contributed by atoms with Crippen molar-refractivity contribution in [2.24, 2.45) is 0 Å². The first kappa shape index (κ1) is 22.0. The van der Waals surface area contributed by atoms with Gasteiger partial charge >= 0.3 is 5.97 Å². The van der Waals surface area contributed by atoms with Gasteiger partial charge in [-0.1, -0.05) is 0 Å². The number of pyridine rings is 1. The minimum absolute atomic E-state index is 0.156. The first-order chi connectivity index (χ1) is 14.2. The number of hydrogen-bond acceptors (Lipinski definition) is 6. The number of ether oxygens (including phenoxy) is 1. The van der Waals surface area contributed by atoms with Crippen LogP contribution in [0.15, 0.2) is 24.5 Å². The van der Waals surface area contributed by atoms with Crippen LogP contribution < -0.4 is 5.32 Å². The zero-order chi connectivity index (χ0) is 21.9. The van der Waals surface area contributed by atoms with E-state index in [2.05, 4.69) is 10.3 Å². The molecule has 1 aliphatic carbocycles. The summed E-state index contributed by atoms with van der Waals surface area (Å²) < 4.78 is 5.33. The zero-order valence-corrected chi connectivity index (χ0v) is 18.6. The molecule has 0 aromatic carbocycles. The fourth-order valence-electron chi connectivity index (χ4n) is 3.38. The van der Waals surface area contributed by atoms with E-state index in [1.54, 1.807) is 46.1 Å². The largest absolute Gasteiger partial charge is 0.459 e. The van der Waals surface area contributed by atoms with Crippen molar-refractivity contribution in [2.75, 3.05) is 18.9 Å². The lowest BCUT2D eigenvalue weighted by Gasteiger charge is -2.23. The molecule has 8 heteroatoms. The lowest BCUT2D eigenvalue weighted by molar-refractivity contribution is -0.155. The van der Waals surface area contributed by atoms with Gasteiger partial charge in [0.1, 0.15) is 17.1 Å². The van der Waals surface area contributed by atoms with Crippen LogP contribution in [-0.4, -0.2) is 46.9 Å². The summed E-state index contributed by atoms with van der Waals surface area (Å²) in [7, 11) is 1.58. The summed E-state index contributed by atoms with van der Waals surface area (Å²) in [4.78, 5) is 44.6. The van der Waals surface area contributed by atoms with Gasteiger partial charge < -0.3 is 15.0 Å². The van der Waals surface area contributed by atoms with Crippen molar-refractivity contribution < 1.29 is 19.1 Å². The van der Waals surface area contributed by atoms with Crippen molar-refractivity contribution in [2.45, 2.75) is 52.1 Å². The van der Waals surface area contributed by atoms with Gasteiger partial charge in [-0.05, 0) is 64.2 Å². The number of aromatic nitrogens is 1. The van der Waals surface area contributed by atoms with Crippen LogP contribution in [0.1, 0.15) is 64.8 Å². The van der Waals surface area contributed by atoms with Crippen molar-refractivity contribution in [3.8, 4) is 0 Å². The maximum absolute atomic E-state index is 13.3. The highest BCUT2D eigenvalue weighted by atomic mass is 32.1. The molecule has 0 fully saturated rings. The molecule has 0 bridgehead atoms. The van der Waals surface area contributed by atoms with Gasteiger partial charge in [-0.15, -0.1) is 11.3 Å². The Labute approximate surface area is 180 Å². The number of hydrogen-bond donors (Lipinski definition) is 1. The van der Waals surface area contributed by atoms with E-state index in [9.17, 15) is 14.4 Å². The standard InChI is InChI=1S/C22H27N3O4S/c1-22(2,3)29-17(26)13-25(4)21(28)18-15-9-5-6-10-16(15)30-20(18)24-19(27)14-8-7-11-23-12-14/h7-8,11-12H,5-6,9-10,13H2,1-4H3,(H,24,27). The van der Waals surface area contributed by atoms with Gasteiger partial charge in [0, 0.05) is 24.3 Å². The molecule has 1 N–H and O–H groups in total. The minimum atomic E-state index is -0.620. The van der Waals surface area contributed by atoms with E-state index in [1.165, 1.54) is 22.4 Å². The molecule has 0 spiro atoms. The average Bonchev–Trinajstić information content (AvgIpc) is 3.04. The molecule has 1 aliphatic rings. The summed E-state index contributed by atoms with van der Waals surface area (Å²) in [6.07, 6.45) is 6.82. The van der Waals surface area contributed by atoms with E-state index in [1.807, 2.05) is 0 Å². The summed E-state index contributed by atoms with van der Waals surface area (Å²) >= 11 is 1.44. The topological polar surface area (TPSA) is 88.6 Å². The van der Waals surface area contributed by atoms with Crippen LogP contribution in [0.2, 0.25) is 0 Å². The fraction of sp³-hybridized carbons (Fsp3) is 0.455. The van der Waals surface area contributed by atoms with E-state index in [0.29, 0.717) is 16.1 Å². The van der Waals surface area contributed by atoms with Crippen LogP contribution in [0, 0.1) is 0 Å². The second kappa shape index (κ2) is 8.95. The van der Waals surface area contributed by atoms with Crippen molar-refractivity contribution >= 4 is 34.1 Å². The van der Waals surface area contributed by atoms with Crippen LogP contribution >= 0.6 is 11.3 Å². The van der Waals surface area contributed by atoms with Crippen LogP contribution in [0.4, 0.5) is 5.00 Å². The van der Waals surface area contributed by atoms with E-state index < -0.39 is 11.6 Å². The number of carbonyl (C=O) groups is 3. The van der Waals surface area contributed by atoms with Crippen LogP contribution in [0.3, 0.4) is 0 Å². The van der Waals surface area contributed by atoms with Gasteiger partial charge in [-0.2, -0.15) is 0 Å². The summed E-state index contributed by atoms with van der Waals surface area (Å²) in [5.74, 6) is -1.07. The Kier molecular flexibility index (Phi) is 6.55. The van der Waals surface area contributed by atoms with Crippen molar-refractivity contribution in [1.29, 1.82) is 0 Å². The number of nitrogens with zero attached hydrogens (tertiary/aromatic N) is 2. The lowest BCUT2D eigenvalue weighted by Crippen LogP contribution is -2.36. The Morgan fingerprint density at radius 3 is 2.63 bits per heavy atom. The second-order valence-corrected chi connectivity index (χ2v) is 9.46. The summed E-state index contributed by atoms with van der Waals surface area (Å²) in [6, 6.07) is 3.36.